The molecule has 174 valence electrons. The van der Waals surface area contributed by atoms with Crippen LogP contribution in [0.25, 0.3) is 0 Å². The number of likely N-dealkylation sites (tertiary alicyclic amines) is 1. The molecule has 3 rings (SSSR count). The minimum absolute atomic E-state index is 0.483. The summed E-state index contributed by atoms with van der Waals surface area (Å²) in [6.07, 6.45) is 6.74. The Kier molecular flexibility index (Phi) is 9.90. The molecule has 1 unspecified atom stereocenters. The first-order valence-electron chi connectivity index (χ1n) is 11.8. The lowest BCUT2D eigenvalue weighted by Gasteiger charge is -2.24. The van der Waals surface area contributed by atoms with E-state index in [0.29, 0.717) is 12.6 Å². The number of ether oxygens (including phenoxy) is 2. The number of hydrogen-bond acceptors (Lipinski definition) is 5. The maximum absolute atomic E-state index is 5.94. The SMILES string of the molecule is CN=C(NCc1cccc(OCCN(C)CCOC)c1)NC1CCN(C2CCCC2)C1. The van der Waals surface area contributed by atoms with Crippen molar-refractivity contribution in [2.45, 2.75) is 50.7 Å². The van der Waals surface area contributed by atoms with Gasteiger partial charge in [-0.25, -0.2) is 0 Å². The standard InChI is InChI=1S/C24H41N5O2/c1-25-24(27-21-11-12-29(19-21)22-8-4-5-9-22)26-18-20-7-6-10-23(17-20)31-16-14-28(2)13-15-30-3/h6-7,10,17,21-22H,4-5,8-9,11-16,18-19H2,1-3H3,(H2,25,26,27). The van der Waals surface area contributed by atoms with Crippen molar-refractivity contribution in [1.29, 1.82) is 0 Å². The fraction of sp³-hybridized carbons (Fsp3) is 0.708. The molecule has 0 aromatic heterocycles. The third-order valence-corrected chi connectivity index (χ3v) is 6.40. The van der Waals surface area contributed by atoms with Gasteiger partial charge in [0.15, 0.2) is 5.96 Å². The van der Waals surface area contributed by atoms with Gasteiger partial charge in [0, 0.05) is 59.0 Å². The highest BCUT2D eigenvalue weighted by Crippen LogP contribution is 2.26. The molecule has 7 heteroatoms. The van der Waals surface area contributed by atoms with Gasteiger partial charge in [-0.05, 0) is 44.0 Å². The zero-order chi connectivity index (χ0) is 21.9. The summed E-state index contributed by atoms with van der Waals surface area (Å²) in [5.74, 6) is 1.79. The molecule has 1 saturated heterocycles. The second-order valence-electron chi connectivity index (χ2n) is 8.78. The van der Waals surface area contributed by atoms with Crippen molar-refractivity contribution in [1.82, 2.24) is 20.4 Å². The average Bonchev–Trinajstić information content (AvgIpc) is 3.47. The zero-order valence-electron chi connectivity index (χ0n) is 19.6. The molecule has 31 heavy (non-hydrogen) atoms. The molecule has 0 bridgehead atoms. The smallest absolute Gasteiger partial charge is 0.191 e. The lowest BCUT2D eigenvalue weighted by molar-refractivity contribution is 0.150. The lowest BCUT2D eigenvalue weighted by atomic mass is 10.2. The monoisotopic (exact) mass is 431 g/mol. The van der Waals surface area contributed by atoms with Crippen LogP contribution >= 0.6 is 0 Å². The number of hydrogen-bond donors (Lipinski definition) is 2. The second kappa shape index (κ2) is 12.9. The summed E-state index contributed by atoms with van der Waals surface area (Å²) in [6.45, 7) is 6.26. The van der Waals surface area contributed by atoms with Gasteiger partial charge in [0.05, 0.1) is 6.61 Å². The van der Waals surface area contributed by atoms with E-state index in [4.69, 9.17) is 9.47 Å². The Hall–Kier alpha value is -1.83. The van der Waals surface area contributed by atoms with E-state index in [1.807, 2.05) is 19.2 Å². The molecule has 1 atom stereocenters. The molecule has 1 heterocycles. The highest BCUT2D eigenvalue weighted by Gasteiger charge is 2.30. The number of guanidine groups is 1. The van der Waals surface area contributed by atoms with E-state index in [1.165, 1.54) is 44.2 Å². The Morgan fingerprint density at radius 1 is 1.19 bits per heavy atom. The number of benzene rings is 1. The normalized spacial score (nSPS) is 20.5. The van der Waals surface area contributed by atoms with Crippen LogP contribution in [-0.4, -0.2) is 88.4 Å². The van der Waals surface area contributed by atoms with E-state index in [-0.39, 0.29) is 0 Å². The Balaban J connectivity index is 1.38. The van der Waals surface area contributed by atoms with Gasteiger partial charge in [-0.1, -0.05) is 25.0 Å². The van der Waals surface area contributed by atoms with E-state index in [0.717, 1.165) is 50.5 Å². The molecule has 2 fully saturated rings. The summed E-state index contributed by atoms with van der Waals surface area (Å²) in [5.41, 5.74) is 1.19. The third-order valence-electron chi connectivity index (χ3n) is 6.40. The molecular weight excluding hydrogens is 390 g/mol. The van der Waals surface area contributed by atoms with Crippen molar-refractivity contribution in [3.05, 3.63) is 29.8 Å². The maximum Gasteiger partial charge on any atom is 0.191 e. The summed E-state index contributed by atoms with van der Waals surface area (Å²) < 4.78 is 11.0. The molecule has 2 aliphatic rings. The van der Waals surface area contributed by atoms with E-state index >= 15 is 0 Å². The van der Waals surface area contributed by atoms with Crippen LogP contribution in [0.15, 0.2) is 29.3 Å². The quantitative estimate of drug-likeness (QED) is 0.414. The molecule has 1 aliphatic carbocycles. The van der Waals surface area contributed by atoms with E-state index in [2.05, 4.69) is 44.6 Å². The van der Waals surface area contributed by atoms with Crippen LogP contribution in [-0.2, 0) is 11.3 Å². The van der Waals surface area contributed by atoms with Crippen LogP contribution in [0.1, 0.15) is 37.7 Å². The predicted octanol–water partition coefficient (Wildman–Crippen LogP) is 2.33. The molecule has 0 radical (unpaired) electrons. The molecule has 1 aliphatic heterocycles. The van der Waals surface area contributed by atoms with Crippen LogP contribution < -0.4 is 15.4 Å². The molecule has 2 N–H and O–H groups in total. The number of methoxy groups -OCH3 is 1. The van der Waals surface area contributed by atoms with Gasteiger partial charge in [-0.3, -0.25) is 9.89 Å². The van der Waals surface area contributed by atoms with Gasteiger partial charge in [0.2, 0.25) is 0 Å². The van der Waals surface area contributed by atoms with Gasteiger partial charge in [0.25, 0.3) is 0 Å². The van der Waals surface area contributed by atoms with Gasteiger partial charge < -0.3 is 25.0 Å². The second-order valence-corrected chi connectivity index (χ2v) is 8.78. The Bertz CT molecular complexity index is 678. The highest BCUT2D eigenvalue weighted by molar-refractivity contribution is 5.80. The minimum Gasteiger partial charge on any atom is -0.492 e. The van der Waals surface area contributed by atoms with E-state index in [9.17, 15) is 0 Å². The van der Waals surface area contributed by atoms with Crippen molar-refractivity contribution in [3.63, 3.8) is 0 Å². The summed E-state index contributed by atoms with van der Waals surface area (Å²) in [6, 6.07) is 9.58. The minimum atomic E-state index is 0.483. The van der Waals surface area contributed by atoms with Crippen LogP contribution in [0, 0.1) is 0 Å². The van der Waals surface area contributed by atoms with Gasteiger partial charge in [0.1, 0.15) is 12.4 Å². The fourth-order valence-electron chi connectivity index (χ4n) is 4.50. The van der Waals surface area contributed by atoms with Gasteiger partial charge in [-0.15, -0.1) is 0 Å². The number of likely N-dealkylation sites (N-methyl/N-ethyl adjacent to an activating group) is 1. The molecule has 1 saturated carbocycles. The topological polar surface area (TPSA) is 61.4 Å². The number of aliphatic imine (C=N–C) groups is 1. The lowest BCUT2D eigenvalue weighted by Crippen LogP contribution is -2.45. The third kappa shape index (κ3) is 7.98. The summed E-state index contributed by atoms with van der Waals surface area (Å²) in [7, 11) is 5.66. The maximum atomic E-state index is 5.94. The number of nitrogens with one attached hydrogen (secondary N) is 2. The molecule has 1 aromatic carbocycles. The van der Waals surface area contributed by atoms with Crippen molar-refractivity contribution in [2.24, 2.45) is 4.99 Å². The van der Waals surface area contributed by atoms with Crippen molar-refractivity contribution >= 4 is 5.96 Å². The highest BCUT2D eigenvalue weighted by atomic mass is 16.5. The number of rotatable bonds is 11. The molecule has 0 amide bonds. The Morgan fingerprint density at radius 2 is 2.00 bits per heavy atom. The van der Waals surface area contributed by atoms with E-state index in [1.54, 1.807) is 7.11 Å². The first-order valence-corrected chi connectivity index (χ1v) is 11.8. The Labute approximate surface area is 188 Å². The molecular formula is C24H41N5O2. The van der Waals surface area contributed by atoms with Gasteiger partial charge in [-0.2, -0.15) is 0 Å². The zero-order valence-corrected chi connectivity index (χ0v) is 19.6. The summed E-state index contributed by atoms with van der Waals surface area (Å²) in [5, 5.41) is 7.08. The molecule has 1 aromatic rings. The summed E-state index contributed by atoms with van der Waals surface area (Å²) in [4.78, 5) is 9.32. The van der Waals surface area contributed by atoms with Crippen LogP contribution in [0.2, 0.25) is 0 Å². The van der Waals surface area contributed by atoms with Crippen LogP contribution in [0.3, 0.4) is 0 Å². The number of nitrogens with zero attached hydrogens (tertiary/aromatic N) is 3. The fourth-order valence-corrected chi connectivity index (χ4v) is 4.50. The van der Waals surface area contributed by atoms with E-state index < -0.39 is 0 Å². The molecule has 7 nitrogen and oxygen atoms in total. The summed E-state index contributed by atoms with van der Waals surface area (Å²) >= 11 is 0. The first-order chi connectivity index (χ1) is 15.2. The predicted molar refractivity (Wildman–Crippen MR) is 127 cm³/mol. The molecule has 0 spiro atoms. The van der Waals surface area contributed by atoms with Crippen LogP contribution in [0.5, 0.6) is 5.75 Å². The van der Waals surface area contributed by atoms with Crippen molar-refractivity contribution in [2.75, 3.05) is 60.6 Å². The largest absolute Gasteiger partial charge is 0.492 e. The van der Waals surface area contributed by atoms with Crippen LogP contribution in [0.4, 0.5) is 0 Å². The van der Waals surface area contributed by atoms with Gasteiger partial charge >= 0.3 is 0 Å². The Morgan fingerprint density at radius 3 is 2.77 bits per heavy atom. The first kappa shape index (κ1) is 23.8. The van der Waals surface area contributed by atoms with Crippen molar-refractivity contribution < 1.29 is 9.47 Å². The van der Waals surface area contributed by atoms with Crippen molar-refractivity contribution in [3.8, 4) is 5.75 Å². The average molecular weight is 432 g/mol.